The minimum Gasteiger partial charge on any atom is -0.462 e. The molecule has 4 rings (SSSR count). The van der Waals surface area contributed by atoms with E-state index in [2.05, 4.69) is 27.3 Å². The van der Waals surface area contributed by atoms with Crippen molar-refractivity contribution in [2.45, 2.75) is 45.7 Å². The number of carbonyl (C=O) groups is 2. The Labute approximate surface area is 186 Å². The van der Waals surface area contributed by atoms with Crippen molar-refractivity contribution in [2.75, 3.05) is 11.9 Å². The molecule has 1 aliphatic rings. The van der Waals surface area contributed by atoms with E-state index in [1.807, 2.05) is 36.5 Å². The second-order valence-electron chi connectivity index (χ2n) is 7.56. The van der Waals surface area contributed by atoms with Gasteiger partial charge in [-0.3, -0.25) is 5.32 Å². The van der Waals surface area contributed by atoms with Crippen molar-refractivity contribution in [3.8, 4) is 0 Å². The van der Waals surface area contributed by atoms with Gasteiger partial charge >= 0.3 is 12.0 Å². The fourth-order valence-electron chi connectivity index (χ4n) is 3.94. The number of esters is 1. The van der Waals surface area contributed by atoms with Gasteiger partial charge in [0.05, 0.1) is 18.7 Å². The number of hydrogen-bond acceptors (Lipinski definition) is 4. The number of urea groups is 1. The van der Waals surface area contributed by atoms with E-state index in [9.17, 15) is 9.59 Å². The quantitative estimate of drug-likeness (QED) is 0.512. The number of ether oxygens (including phenoxy) is 1. The van der Waals surface area contributed by atoms with Crippen molar-refractivity contribution >= 4 is 28.3 Å². The molecular weight excluding hydrogens is 410 g/mol. The smallest absolute Gasteiger partial charge is 0.341 e. The largest absolute Gasteiger partial charge is 0.462 e. The zero-order valence-electron chi connectivity index (χ0n) is 17.6. The van der Waals surface area contributed by atoms with Gasteiger partial charge in [-0.25, -0.2) is 9.59 Å². The van der Waals surface area contributed by atoms with E-state index in [0.29, 0.717) is 23.7 Å². The molecule has 1 aromatic carbocycles. The molecule has 0 fully saturated rings. The summed E-state index contributed by atoms with van der Waals surface area (Å²) < 4.78 is 7.37. The van der Waals surface area contributed by atoms with Gasteiger partial charge in [0, 0.05) is 23.3 Å². The molecule has 2 N–H and O–H groups in total. The van der Waals surface area contributed by atoms with Crippen LogP contribution in [0.5, 0.6) is 0 Å². The Morgan fingerprint density at radius 2 is 1.90 bits per heavy atom. The van der Waals surface area contributed by atoms with Crippen LogP contribution in [0.4, 0.5) is 9.80 Å². The average Bonchev–Trinajstić information content (AvgIpc) is 3.36. The summed E-state index contributed by atoms with van der Waals surface area (Å²) in [5.41, 5.74) is 3.79. The lowest BCUT2D eigenvalue weighted by Gasteiger charge is -2.13. The van der Waals surface area contributed by atoms with Crippen molar-refractivity contribution in [3.63, 3.8) is 0 Å². The van der Waals surface area contributed by atoms with Crippen LogP contribution in [0.2, 0.25) is 0 Å². The minimum absolute atomic E-state index is 0.313. The highest BCUT2D eigenvalue weighted by Crippen LogP contribution is 2.38. The zero-order chi connectivity index (χ0) is 21.6. The van der Waals surface area contributed by atoms with Crippen LogP contribution in [0.25, 0.3) is 0 Å². The molecule has 3 aromatic rings. The van der Waals surface area contributed by atoms with E-state index in [-0.39, 0.29) is 12.0 Å². The highest BCUT2D eigenvalue weighted by molar-refractivity contribution is 7.17. The van der Waals surface area contributed by atoms with E-state index in [0.717, 1.165) is 43.5 Å². The molecule has 0 radical (unpaired) electrons. The van der Waals surface area contributed by atoms with Crippen LogP contribution in [-0.2, 0) is 30.7 Å². The molecule has 6 nitrogen and oxygen atoms in total. The first-order valence-corrected chi connectivity index (χ1v) is 11.5. The Bertz CT molecular complexity index is 1060. The third-order valence-electron chi connectivity index (χ3n) is 5.43. The van der Waals surface area contributed by atoms with Gasteiger partial charge in [-0.2, -0.15) is 0 Å². The number of benzene rings is 1. The molecule has 0 saturated heterocycles. The fraction of sp³-hybridized carbons (Fsp3) is 0.333. The molecule has 0 bridgehead atoms. The molecule has 162 valence electrons. The van der Waals surface area contributed by atoms with Crippen LogP contribution < -0.4 is 10.6 Å². The van der Waals surface area contributed by atoms with Gasteiger partial charge in [0.2, 0.25) is 0 Å². The standard InChI is InChI=1S/C24H27N3O3S/c1-2-30-23(28)21-19-12-6-7-13-20(19)31-22(21)26-24(29)25-15-18-11-8-14-27(18)16-17-9-4-3-5-10-17/h3-5,8-11,14H,2,6-7,12-13,15-16H2,1H3,(H2,25,26,29). The molecule has 7 heteroatoms. The number of aryl methyl sites for hydroxylation is 1. The van der Waals surface area contributed by atoms with Gasteiger partial charge in [0.1, 0.15) is 5.00 Å². The summed E-state index contributed by atoms with van der Waals surface area (Å²) in [5.74, 6) is -0.353. The number of thiophene rings is 1. The van der Waals surface area contributed by atoms with Crippen LogP contribution in [0.3, 0.4) is 0 Å². The number of amides is 2. The summed E-state index contributed by atoms with van der Waals surface area (Å²) in [4.78, 5) is 26.4. The number of nitrogens with zero attached hydrogens (tertiary/aromatic N) is 1. The van der Waals surface area contributed by atoms with Gasteiger partial charge in [0.25, 0.3) is 0 Å². The van der Waals surface area contributed by atoms with Gasteiger partial charge < -0.3 is 14.6 Å². The SMILES string of the molecule is CCOC(=O)c1c(NC(=O)NCc2cccn2Cc2ccccc2)sc2c1CCCC2. The van der Waals surface area contributed by atoms with E-state index in [1.165, 1.54) is 21.8 Å². The molecule has 0 unspecified atom stereocenters. The molecule has 2 amide bonds. The highest BCUT2D eigenvalue weighted by Gasteiger charge is 2.27. The normalized spacial score (nSPS) is 12.8. The summed E-state index contributed by atoms with van der Waals surface area (Å²) >= 11 is 1.49. The molecule has 0 spiro atoms. The first-order valence-electron chi connectivity index (χ1n) is 10.7. The maximum atomic E-state index is 12.6. The Balaban J connectivity index is 1.43. The molecule has 0 aliphatic heterocycles. The first kappa shape index (κ1) is 21.2. The minimum atomic E-state index is -0.353. The summed E-state index contributed by atoms with van der Waals surface area (Å²) in [6.07, 6.45) is 5.98. The Morgan fingerprint density at radius 3 is 2.71 bits per heavy atom. The predicted octanol–water partition coefficient (Wildman–Crippen LogP) is 4.98. The Kier molecular flexibility index (Phi) is 6.72. The lowest BCUT2D eigenvalue weighted by molar-refractivity contribution is 0.0526. The van der Waals surface area contributed by atoms with Gasteiger partial charge in [-0.1, -0.05) is 30.3 Å². The number of aromatic nitrogens is 1. The van der Waals surface area contributed by atoms with Gasteiger partial charge in [-0.15, -0.1) is 11.3 Å². The van der Waals surface area contributed by atoms with Crippen molar-refractivity contribution in [1.82, 2.24) is 9.88 Å². The zero-order valence-corrected chi connectivity index (χ0v) is 18.5. The lowest BCUT2D eigenvalue weighted by Crippen LogP contribution is -2.29. The maximum Gasteiger partial charge on any atom is 0.341 e. The number of nitrogens with one attached hydrogen (secondary N) is 2. The molecule has 31 heavy (non-hydrogen) atoms. The third-order valence-corrected chi connectivity index (χ3v) is 6.63. The average molecular weight is 438 g/mol. The molecule has 0 atom stereocenters. The van der Waals surface area contributed by atoms with E-state index in [4.69, 9.17) is 4.74 Å². The molecular formula is C24H27N3O3S. The Morgan fingerprint density at radius 1 is 1.10 bits per heavy atom. The van der Waals surface area contributed by atoms with Crippen LogP contribution in [0.1, 0.15) is 51.8 Å². The number of rotatable bonds is 7. The molecule has 2 aromatic heterocycles. The monoisotopic (exact) mass is 437 g/mol. The number of hydrogen-bond donors (Lipinski definition) is 2. The summed E-state index contributed by atoms with van der Waals surface area (Å²) in [6, 6.07) is 13.9. The summed E-state index contributed by atoms with van der Waals surface area (Å²) in [6.45, 7) is 3.25. The predicted molar refractivity (Wildman–Crippen MR) is 123 cm³/mol. The number of fused-ring (bicyclic) bond motifs is 1. The van der Waals surface area contributed by atoms with Crippen LogP contribution in [0, 0.1) is 0 Å². The van der Waals surface area contributed by atoms with Crippen LogP contribution in [-0.4, -0.2) is 23.2 Å². The summed E-state index contributed by atoms with van der Waals surface area (Å²) in [7, 11) is 0. The van der Waals surface area contributed by atoms with E-state index < -0.39 is 0 Å². The van der Waals surface area contributed by atoms with Crippen LogP contribution >= 0.6 is 11.3 Å². The first-order chi connectivity index (χ1) is 15.2. The van der Waals surface area contributed by atoms with Gasteiger partial charge in [-0.05, 0) is 55.9 Å². The molecule has 1 aliphatic carbocycles. The molecule has 0 saturated carbocycles. The topological polar surface area (TPSA) is 72.4 Å². The summed E-state index contributed by atoms with van der Waals surface area (Å²) in [5, 5.41) is 6.40. The maximum absolute atomic E-state index is 12.6. The fourth-order valence-corrected chi connectivity index (χ4v) is 5.21. The second kappa shape index (κ2) is 9.83. The van der Waals surface area contributed by atoms with Crippen molar-refractivity contribution < 1.29 is 14.3 Å². The lowest BCUT2D eigenvalue weighted by atomic mass is 9.95. The van der Waals surface area contributed by atoms with Crippen molar-refractivity contribution in [2.24, 2.45) is 0 Å². The Hall–Kier alpha value is -3.06. The molecule has 2 heterocycles. The third kappa shape index (κ3) is 4.99. The van der Waals surface area contributed by atoms with E-state index >= 15 is 0 Å². The van der Waals surface area contributed by atoms with Crippen molar-refractivity contribution in [3.05, 3.63) is 75.9 Å². The van der Waals surface area contributed by atoms with Crippen molar-refractivity contribution in [1.29, 1.82) is 0 Å². The number of anilines is 1. The second-order valence-corrected chi connectivity index (χ2v) is 8.66. The number of carbonyl (C=O) groups excluding carboxylic acids is 2. The van der Waals surface area contributed by atoms with E-state index in [1.54, 1.807) is 6.92 Å². The van der Waals surface area contributed by atoms with Crippen LogP contribution in [0.15, 0.2) is 48.7 Å². The highest BCUT2D eigenvalue weighted by atomic mass is 32.1. The van der Waals surface area contributed by atoms with Gasteiger partial charge in [0.15, 0.2) is 0 Å².